The number of aliphatic carboxylic acids is 1. The Hall–Kier alpha value is -1.41. The highest BCUT2D eigenvalue weighted by molar-refractivity contribution is 7.89. The van der Waals surface area contributed by atoms with Crippen molar-refractivity contribution in [2.75, 3.05) is 6.54 Å². The van der Waals surface area contributed by atoms with Crippen LogP contribution in [0, 0.1) is 0 Å². The summed E-state index contributed by atoms with van der Waals surface area (Å²) in [7, 11) is -3.58. The molecule has 0 aliphatic heterocycles. The normalized spacial score (nSPS) is 11.6. The van der Waals surface area contributed by atoms with Crippen LogP contribution in [-0.2, 0) is 21.4 Å². The average Bonchev–Trinajstić information content (AvgIpc) is 2.77. The van der Waals surface area contributed by atoms with Crippen molar-refractivity contribution in [1.29, 1.82) is 0 Å². The van der Waals surface area contributed by atoms with Crippen molar-refractivity contribution in [3.8, 4) is 0 Å². The molecule has 0 saturated carbocycles. The van der Waals surface area contributed by atoms with Gasteiger partial charge in [-0.3, -0.25) is 4.79 Å². The molecule has 1 rings (SSSR count). The molecule has 0 radical (unpaired) electrons. The number of sulfonamides is 1. The van der Waals surface area contributed by atoms with Crippen molar-refractivity contribution < 1.29 is 18.3 Å². The lowest BCUT2D eigenvalue weighted by Gasteiger charge is -2.03. The number of nitrogens with one attached hydrogen (secondary N) is 1. The van der Waals surface area contributed by atoms with Gasteiger partial charge in [0.1, 0.15) is 0 Å². The molecule has 0 unspecified atom stereocenters. The summed E-state index contributed by atoms with van der Waals surface area (Å²) in [6.07, 6.45) is 3.89. The number of carbonyl (C=O) groups is 1. The first-order valence-electron chi connectivity index (χ1n) is 5.69. The van der Waals surface area contributed by atoms with Crippen molar-refractivity contribution in [2.24, 2.45) is 0 Å². The summed E-state index contributed by atoms with van der Waals surface area (Å²) >= 11 is 0. The second-order valence-electron chi connectivity index (χ2n) is 3.79. The third-order valence-electron chi connectivity index (χ3n) is 2.36. The number of aromatic nitrogens is 2. The molecule has 0 spiro atoms. The van der Waals surface area contributed by atoms with Crippen LogP contribution in [0.3, 0.4) is 0 Å². The van der Waals surface area contributed by atoms with Gasteiger partial charge in [0.15, 0.2) is 5.03 Å². The van der Waals surface area contributed by atoms with Gasteiger partial charge in [-0.05, 0) is 19.8 Å². The van der Waals surface area contributed by atoms with E-state index in [-0.39, 0.29) is 18.0 Å². The van der Waals surface area contributed by atoms with Crippen molar-refractivity contribution in [2.45, 2.75) is 37.8 Å². The van der Waals surface area contributed by atoms with Gasteiger partial charge in [0, 0.05) is 25.7 Å². The van der Waals surface area contributed by atoms with Crippen molar-refractivity contribution in [1.82, 2.24) is 14.3 Å². The third kappa shape index (κ3) is 4.46. The Labute approximate surface area is 106 Å². The molecule has 0 aromatic carbocycles. The molecule has 1 aromatic rings. The highest BCUT2D eigenvalue weighted by Crippen LogP contribution is 2.05. The Balaban J connectivity index is 2.42. The van der Waals surface area contributed by atoms with Crippen LogP contribution in [-0.4, -0.2) is 35.6 Å². The van der Waals surface area contributed by atoms with E-state index in [0.29, 0.717) is 19.4 Å². The lowest BCUT2D eigenvalue weighted by molar-refractivity contribution is -0.137. The molecule has 0 aliphatic carbocycles. The molecule has 2 N–H and O–H groups in total. The molecule has 102 valence electrons. The summed E-state index contributed by atoms with van der Waals surface area (Å²) in [5.74, 6) is -0.875. The first kappa shape index (κ1) is 14.7. The van der Waals surface area contributed by atoms with E-state index in [2.05, 4.69) is 9.71 Å². The van der Waals surface area contributed by atoms with Gasteiger partial charge in [-0.1, -0.05) is 0 Å². The highest BCUT2D eigenvalue weighted by Gasteiger charge is 2.16. The summed E-state index contributed by atoms with van der Waals surface area (Å²) in [5, 5.41) is 8.42. The second kappa shape index (κ2) is 6.50. The largest absolute Gasteiger partial charge is 0.481 e. The second-order valence-corrected chi connectivity index (χ2v) is 5.50. The van der Waals surface area contributed by atoms with Crippen LogP contribution >= 0.6 is 0 Å². The maximum atomic E-state index is 11.8. The first-order chi connectivity index (χ1) is 8.45. The Morgan fingerprint density at radius 1 is 1.50 bits per heavy atom. The summed E-state index contributed by atoms with van der Waals surface area (Å²) in [5.41, 5.74) is 0. The van der Waals surface area contributed by atoms with Gasteiger partial charge in [-0.15, -0.1) is 0 Å². The van der Waals surface area contributed by atoms with Gasteiger partial charge in [0.05, 0.1) is 6.33 Å². The number of rotatable bonds is 8. The number of imidazole rings is 1. The van der Waals surface area contributed by atoms with Gasteiger partial charge < -0.3 is 9.67 Å². The summed E-state index contributed by atoms with van der Waals surface area (Å²) < 4.78 is 27.6. The number of hydrogen-bond acceptors (Lipinski definition) is 4. The topological polar surface area (TPSA) is 101 Å². The summed E-state index contributed by atoms with van der Waals surface area (Å²) in [6, 6.07) is 0. The molecule has 0 atom stereocenters. The number of aryl methyl sites for hydroxylation is 1. The minimum Gasteiger partial charge on any atom is -0.481 e. The maximum absolute atomic E-state index is 11.8. The zero-order chi connectivity index (χ0) is 13.6. The van der Waals surface area contributed by atoms with Gasteiger partial charge in [-0.25, -0.2) is 18.1 Å². The Bertz CT molecular complexity index is 495. The molecular weight excluding hydrogens is 258 g/mol. The summed E-state index contributed by atoms with van der Waals surface area (Å²) in [4.78, 5) is 14.1. The van der Waals surface area contributed by atoms with Crippen molar-refractivity contribution in [3.05, 3.63) is 12.5 Å². The molecule has 0 aliphatic rings. The predicted molar refractivity (Wildman–Crippen MR) is 64.6 cm³/mol. The molecule has 1 heterocycles. The molecule has 1 aromatic heterocycles. The fourth-order valence-electron chi connectivity index (χ4n) is 1.33. The van der Waals surface area contributed by atoms with E-state index in [1.165, 1.54) is 12.5 Å². The van der Waals surface area contributed by atoms with E-state index in [4.69, 9.17) is 5.11 Å². The predicted octanol–water partition coefficient (Wildman–Crippen LogP) is 0.436. The zero-order valence-electron chi connectivity index (χ0n) is 10.2. The Morgan fingerprint density at radius 3 is 2.78 bits per heavy atom. The molecule has 8 heteroatoms. The number of nitrogens with zero attached hydrogens (tertiary/aromatic N) is 2. The van der Waals surface area contributed by atoms with Crippen LogP contribution in [0.2, 0.25) is 0 Å². The zero-order valence-corrected chi connectivity index (χ0v) is 11.0. The van der Waals surface area contributed by atoms with E-state index in [0.717, 1.165) is 0 Å². The van der Waals surface area contributed by atoms with Crippen LogP contribution in [0.25, 0.3) is 0 Å². The SMILES string of the molecule is CCn1cnc(S(=O)(=O)NCCCCC(=O)O)c1. The molecule has 0 bridgehead atoms. The fraction of sp³-hybridized carbons (Fsp3) is 0.600. The van der Waals surface area contributed by atoms with Crippen LogP contribution in [0.1, 0.15) is 26.2 Å². The van der Waals surface area contributed by atoms with Gasteiger partial charge in [0.2, 0.25) is 0 Å². The summed E-state index contributed by atoms with van der Waals surface area (Å²) in [6.45, 7) is 2.76. The van der Waals surface area contributed by atoms with E-state index in [9.17, 15) is 13.2 Å². The lowest BCUT2D eigenvalue weighted by Crippen LogP contribution is -2.25. The quantitative estimate of drug-likeness (QED) is 0.670. The Morgan fingerprint density at radius 2 is 2.22 bits per heavy atom. The molecule has 18 heavy (non-hydrogen) atoms. The van der Waals surface area contributed by atoms with Crippen LogP contribution in [0.4, 0.5) is 0 Å². The van der Waals surface area contributed by atoms with E-state index in [1.807, 2.05) is 6.92 Å². The molecule has 0 fully saturated rings. The standard InChI is InChI=1S/C10H17N3O4S/c1-2-13-7-9(11-8-13)18(16,17)12-6-4-3-5-10(14)15/h7-8,12H,2-6H2,1H3,(H,14,15). The van der Waals surface area contributed by atoms with Crippen molar-refractivity contribution >= 4 is 16.0 Å². The number of carboxylic acid groups (broad SMARTS) is 1. The minimum absolute atomic E-state index is 0.0115. The molecular formula is C10H17N3O4S. The van der Waals surface area contributed by atoms with E-state index in [1.54, 1.807) is 4.57 Å². The van der Waals surface area contributed by atoms with E-state index < -0.39 is 16.0 Å². The number of unbranched alkanes of at least 4 members (excludes halogenated alkanes) is 1. The lowest BCUT2D eigenvalue weighted by atomic mass is 10.2. The van der Waals surface area contributed by atoms with Crippen LogP contribution < -0.4 is 4.72 Å². The van der Waals surface area contributed by atoms with Gasteiger partial charge >= 0.3 is 5.97 Å². The third-order valence-corrected chi connectivity index (χ3v) is 3.71. The maximum Gasteiger partial charge on any atom is 0.303 e. The molecule has 7 nitrogen and oxygen atoms in total. The number of carboxylic acids is 1. The molecule has 0 saturated heterocycles. The van der Waals surface area contributed by atoms with Crippen LogP contribution in [0.15, 0.2) is 17.6 Å². The monoisotopic (exact) mass is 275 g/mol. The average molecular weight is 275 g/mol. The number of hydrogen-bond donors (Lipinski definition) is 2. The molecule has 0 amide bonds. The minimum atomic E-state index is -3.58. The van der Waals surface area contributed by atoms with Crippen LogP contribution in [0.5, 0.6) is 0 Å². The highest BCUT2D eigenvalue weighted by atomic mass is 32.2. The first-order valence-corrected chi connectivity index (χ1v) is 7.17. The van der Waals surface area contributed by atoms with Gasteiger partial charge in [-0.2, -0.15) is 0 Å². The fourth-order valence-corrected chi connectivity index (χ4v) is 2.35. The van der Waals surface area contributed by atoms with Crippen molar-refractivity contribution in [3.63, 3.8) is 0 Å². The Kier molecular flexibility index (Phi) is 5.29. The smallest absolute Gasteiger partial charge is 0.303 e. The van der Waals surface area contributed by atoms with E-state index >= 15 is 0 Å². The van der Waals surface area contributed by atoms with Gasteiger partial charge in [0.25, 0.3) is 10.0 Å².